The van der Waals surface area contributed by atoms with E-state index in [-0.39, 0.29) is 16.2 Å². The third-order valence-corrected chi connectivity index (χ3v) is 31.6. The molecule has 0 unspecified atom stereocenters. The topological polar surface area (TPSA) is 49.1 Å². The van der Waals surface area contributed by atoms with Crippen LogP contribution in [0.5, 0.6) is 0 Å². The summed E-state index contributed by atoms with van der Waals surface area (Å²) in [6.45, 7) is 14.0. The Balaban J connectivity index is 0.000000110. The molecule has 0 amide bonds. The van der Waals surface area contributed by atoms with Gasteiger partial charge in [0, 0.05) is 99.4 Å². The highest BCUT2D eigenvalue weighted by atomic mass is 16.3. The van der Waals surface area contributed by atoms with E-state index in [2.05, 4.69) is 535 Å². The summed E-state index contributed by atoms with van der Waals surface area (Å²) < 4.78 is 18.3. The van der Waals surface area contributed by atoms with Gasteiger partial charge in [-0.25, -0.2) is 0 Å². The Bertz CT molecular complexity index is 9710. The minimum Gasteiger partial charge on any atom is -0.456 e. The molecule has 26 aromatic rings. The largest absolute Gasteiger partial charge is 0.456 e. The zero-order valence-electron chi connectivity index (χ0n) is 83.6. The van der Waals surface area contributed by atoms with Crippen molar-refractivity contribution in [3.05, 3.63) is 549 Å². The molecule has 3 aliphatic rings. The maximum atomic E-state index is 6.10. The number of nitrogens with zero attached hydrogens (tertiary/aromatic N) is 3. The fourth-order valence-corrected chi connectivity index (χ4v) is 23.9. The average Bonchev–Trinajstić information content (AvgIpc) is 1.59. The van der Waals surface area contributed by atoms with E-state index in [4.69, 9.17) is 13.3 Å². The Kier molecular flexibility index (Phi) is 21.6. The summed E-state index contributed by atoms with van der Waals surface area (Å²) in [7, 11) is 0. The molecule has 0 saturated carbocycles. The zero-order valence-corrected chi connectivity index (χ0v) is 83.6. The summed E-state index contributed by atoms with van der Waals surface area (Å²) in [4.78, 5) is 7.06. The molecular formula is C143H103N3O3. The predicted molar refractivity (Wildman–Crippen MR) is 626 cm³/mol. The molecule has 0 bridgehead atoms. The number of benzene rings is 23. The van der Waals surface area contributed by atoms with E-state index in [0.29, 0.717) is 0 Å². The van der Waals surface area contributed by atoms with E-state index in [1.165, 1.54) is 155 Å². The van der Waals surface area contributed by atoms with E-state index in [1.807, 2.05) is 36.4 Å². The second kappa shape index (κ2) is 36.0. The maximum Gasteiger partial charge on any atom is 0.135 e. The molecule has 0 saturated heterocycles. The molecule has 708 valence electrons. The quantitative estimate of drug-likeness (QED) is 0.102. The molecule has 0 fully saturated rings. The molecule has 3 heterocycles. The molecule has 0 spiro atoms. The van der Waals surface area contributed by atoms with Crippen LogP contribution in [0.15, 0.2) is 529 Å². The van der Waals surface area contributed by atoms with E-state index in [1.54, 1.807) is 0 Å². The van der Waals surface area contributed by atoms with Crippen molar-refractivity contribution in [1.29, 1.82) is 0 Å². The number of furan rings is 3. The van der Waals surface area contributed by atoms with Crippen molar-refractivity contribution in [3.8, 4) is 100 Å². The Morgan fingerprint density at radius 3 is 0.758 bits per heavy atom. The van der Waals surface area contributed by atoms with Gasteiger partial charge in [0.25, 0.3) is 0 Å². The summed E-state index contributed by atoms with van der Waals surface area (Å²) >= 11 is 0. The lowest BCUT2D eigenvalue weighted by atomic mass is 9.82. The molecule has 149 heavy (non-hydrogen) atoms. The van der Waals surface area contributed by atoms with Gasteiger partial charge in [0.05, 0.1) is 5.69 Å². The van der Waals surface area contributed by atoms with Crippen molar-refractivity contribution in [3.63, 3.8) is 0 Å². The lowest BCUT2D eigenvalue weighted by Gasteiger charge is -2.27. The van der Waals surface area contributed by atoms with Crippen LogP contribution in [-0.4, -0.2) is 0 Å². The summed E-state index contributed by atoms with van der Waals surface area (Å²) in [5, 5.41) is 11.7. The Labute approximate surface area is 867 Å². The number of anilines is 9. The molecule has 3 aliphatic carbocycles. The minimum absolute atomic E-state index is 0.00318. The second-order valence-corrected chi connectivity index (χ2v) is 41.4. The standard InChI is InChI=1S/2C49H35NO.C45H33NO/c1-49(2)44-15-7-5-13-40(44)42-30-35(22-28-45(42)49)32-18-24-37(25-19-32)50(46-16-9-11-34-10-3-4-12-39(34)46)38-26-20-33(21-27-38)36-23-29-48-43(31-36)41-14-6-8-17-47(41)51-48;1-49(2)45-13-7-5-11-41(45)43-30-36(20-27-46(43)49)33-15-22-38(23-16-33)50(40-26-19-32-9-3-4-10-35(32)29-40)39-24-17-34(18-25-39)37-21-28-48-44(31-37)42-12-6-8-14-47(42)51-48;1-45(2)41-14-8-6-12-37(41)39-28-32(20-26-42(39)45)30-16-22-35(23-17-30)46(34-10-4-3-5-11-34)36-24-18-31(19-25-36)33-21-27-44-40(29-33)38-13-7-9-15-43(38)47-44/h2*3-31H,1-2H3;3-29H,1-2H3. The number of fused-ring (bicyclic) bond motifs is 20. The third kappa shape index (κ3) is 15.6. The van der Waals surface area contributed by atoms with Crippen LogP contribution in [0.4, 0.5) is 51.2 Å². The summed E-state index contributed by atoms with van der Waals surface area (Å²) in [5.74, 6) is 0. The second-order valence-electron chi connectivity index (χ2n) is 41.4. The molecule has 3 aromatic heterocycles. The number of hydrogen-bond acceptors (Lipinski definition) is 6. The van der Waals surface area contributed by atoms with Crippen molar-refractivity contribution in [2.75, 3.05) is 14.7 Å². The number of rotatable bonds is 15. The highest BCUT2D eigenvalue weighted by Gasteiger charge is 2.39. The zero-order chi connectivity index (χ0) is 99.7. The van der Waals surface area contributed by atoms with Crippen molar-refractivity contribution in [2.45, 2.75) is 57.8 Å². The van der Waals surface area contributed by atoms with Gasteiger partial charge in [0.2, 0.25) is 0 Å². The first kappa shape index (κ1) is 89.2. The highest BCUT2D eigenvalue weighted by molar-refractivity contribution is 6.10. The minimum atomic E-state index is 0.00318. The van der Waals surface area contributed by atoms with Crippen LogP contribution >= 0.6 is 0 Å². The van der Waals surface area contributed by atoms with Gasteiger partial charge in [-0.1, -0.05) is 381 Å². The third-order valence-electron chi connectivity index (χ3n) is 31.6. The molecule has 0 radical (unpaired) electrons. The van der Waals surface area contributed by atoms with Gasteiger partial charge in [-0.3, -0.25) is 0 Å². The lowest BCUT2D eigenvalue weighted by Crippen LogP contribution is -2.14. The van der Waals surface area contributed by atoms with Crippen LogP contribution in [0.3, 0.4) is 0 Å². The van der Waals surface area contributed by atoms with Crippen LogP contribution in [0.1, 0.15) is 74.9 Å². The molecule has 0 aliphatic heterocycles. The van der Waals surface area contributed by atoms with Gasteiger partial charge in [0.15, 0.2) is 0 Å². The van der Waals surface area contributed by atoms with Crippen LogP contribution in [0.25, 0.3) is 188 Å². The van der Waals surface area contributed by atoms with Gasteiger partial charge in [-0.2, -0.15) is 0 Å². The van der Waals surface area contributed by atoms with Crippen molar-refractivity contribution < 1.29 is 13.3 Å². The average molecular weight is 1910 g/mol. The van der Waals surface area contributed by atoms with E-state index in [9.17, 15) is 0 Å². The molecule has 0 atom stereocenters. The Hall–Kier alpha value is -18.6. The monoisotopic (exact) mass is 1910 g/mol. The molecular weight excluding hydrogens is 1810 g/mol. The van der Waals surface area contributed by atoms with E-state index in [0.717, 1.165) is 117 Å². The van der Waals surface area contributed by atoms with Crippen LogP contribution in [-0.2, 0) is 16.2 Å². The molecule has 0 N–H and O–H groups in total. The molecule has 23 aromatic carbocycles. The van der Waals surface area contributed by atoms with E-state index >= 15 is 0 Å². The van der Waals surface area contributed by atoms with Crippen molar-refractivity contribution >= 4 is 139 Å². The fraction of sp³-hybridized carbons (Fsp3) is 0.0629. The Morgan fingerprint density at radius 1 is 0.141 bits per heavy atom. The first-order chi connectivity index (χ1) is 73.1. The van der Waals surface area contributed by atoms with Gasteiger partial charge >= 0.3 is 0 Å². The molecule has 6 nitrogen and oxygen atoms in total. The van der Waals surface area contributed by atoms with Crippen molar-refractivity contribution in [2.24, 2.45) is 0 Å². The SMILES string of the molecule is CC1(C)c2ccccc2-c2cc(-c3ccc(N(c4ccc(-c5ccc6oc7ccccc7c6c5)cc4)c4ccc5ccccc5c4)cc3)ccc21.CC1(C)c2ccccc2-c2cc(-c3ccc(N(c4ccc(-c5ccc6oc7ccccc7c6c5)cc4)c4cccc5ccccc45)cc3)ccc21.CC1(C)c2ccccc2-c2cc(-c3ccc(N(c4ccccc4)c4ccc(-c5ccc6oc7ccccc7c6c5)cc4)cc3)ccc21. The Morgan fingerprint density at radius 2 is 0.389 bits per heavy atom. The van der Waals surface area contributed by atoms with Gasteiger partial charge < -0.3 is 28.0 Å². The number of para-hydroxylation sites is 4. The number of hydrogen-bond donors (Lipinski definition) is 0. The van der Waals surface area contributed by atoms with Gasteiger partial charge in [0.1, 0.15) is 33.5 Å². The normalized spacial score (nSPS) is 13.1. The van der Waals surface area contributed by atoms with Crippen LogP contribution < -0.4 is 14.7 Å². The molecule has 6 heteroatoms. The summed E-state index contributed by atoms with van der Waals surface area (Å²) in [6.07, 6.45) is 0. The first-order valence-electron chi connectivity index (χ1n) is 51.6. The maximum absolute atomic E-state index is 6.10. The predicted octanol–water partition coefficient (Wildman–Crippen LogP) is 40.4. The first-order valence-corrected chi connectivity index (χ1v) is 51.6. The van der Waals surface area contributed by atoms with Gasteiger partial charge in [-0.05, 0) is 326 Å². The summed E-state index contributed by atoms with van der Waals surface area (Å²) in [6, 6.07) is 186. The van der Waals surface area contributed by atoms with Crippen molar-refractivity contribution in [1.82, 2.24) is 0 Å². The van der Waals surface area contributed by atoms with Crippen LogP contribution in [0, 0.1) is 0 Å². The highest BCUT2D eigenvalue weighted by Crippen LogP contribution is 2.55. The smallest absolute Gasteiger partial charge is 0.135 e. The molecule has 29 rings (SSSR count). The van der Waals surface area contributed by atoms with Crippen LogP contribution in [0.2, 0.25) is 0 Å². The lowest BCUT2D eigenvalue weighted by molar-refractivity contribution is 0.660. The van der Waals surface area contributed by atoms with E-state index < -0.39 is 0 Å². The fourth-order valence-electron chi connectivity index (χ4n) is 23.9. The van der Waals surface area contributed by atoms with Gasteiger partial charge in [-0.15, -0.1) is 0 Å². The summed E-state index contributed by atoms with van der Waals surface area (Å²) in [5.41, 5.74) is 46.4.